The Bertz CT molecular complexity index is 1130. The molecule has 3 aromatic carbocycles. The fourth-order valence-electron chi connectivity index (χ4n) is 3.49. The van der Waals surface area contributed by atoms with Gasteiger partial charge in [0.15, 0.2) is 6.29 Å². The number of fused-ring (bicyclic) bond motifs is 1. The minimum absolute atomic E-state index is 0.0347. The monoisotopic (exact) mass is 515 g/mol. The molecule has 4 rings (SSSR count). The quantitative estimate of drug-likeness (QED) is 0.440. The lowest BCUT2D eigenvalue weighted by Gasteiger charge is -2.23. The van der Waals surface area contributed by atoms with E-state index in [9.17, 15) is 14.0 Å². The second kappa shape index (κ2) is 16.0. The van der Waals surface area contributed by atoms with Crippen molar-refractivity contribution in [2.75, 3.05) is 13.6 Å². The van der Waals surface area contributed by atoms with Crippen molar-refractivity contribution in [1.82, 2.24) is 4.90 Å². The number of phenolic OH excluding ortho intramolecular Hbond substituents is 1. The number of nitrogens with zero attached hydrogens (tertiary/aromatic N) is 1. The van der Waals surface area contributed by atoms with Crippen molar-refractivity contribution >= 4 is 30.2 Å². The van der Waals surface area contributed by atoms with E-state index in [0.29, 0.717) is 28.5 Å². The summed E-state index contributed by atoms with van der Waals surface area (Å²) >= 11 is 5.88. The van der Waals surface area contributed by atoms with Crippen LogP contribution in [-0.2, 0) is 11.2 Å². The summed E-state index contributed by atoms with van der Waals surface area (Å²) in [5.74, 6) is -0.493. The summed E-state index contributed by atoms with van der Waals surface area (Å²) in [4.78, 5) is 31.3. The van der Waals surface area contributed by atoms with Crippen LogP contribution in [0.1, 0.15) is 51.2 Å². The molecular formula is C27H31ClFN3O4. The van der Waals surface area contributed by atoms with E-state index in [4.69, 9.17) is 27.2 Å². The van der Waals surface area contributed by atoms with Crippen molar-refractivity contribution in [1.29, 1.82) is 0 Å². The summed E-state index contributed by atoms with van der Waals surface area (Å²) in [6.07, 6.45) is 2.69. The number of benzene rings is 3. The summed E-state index contributed by atoms with van der Waals surface area (Å²) in [6, 6.07) is 18.8. The van der Waals surface area contributed by atoms with Gasteiger partial charge in [0.25, 0.3) is 0 Å². The SMILES string of the molecule is CCN(C)C1CCc2c(F)cc(Cl)cc21.NC(=O)c1ccccc1.NC=O.O=Cc1ccccc1O. The van der Waals surface area contributed by atoms with Gasteiger partial charge in [-0.15, -0.1) is 0 Å². The summed E-state index contributed by atoms with van der Waals surface area (Å²) < 4.78 is 13.6. The van der Waals surface area contributed by atoms with Crippen molar-refractivity contribution in [3.8, 4) is 5.75 Å². The Morgan fingerprint density at radius 2 is 1.72 bits per heavy atom. The first-order chi connectivity index (χ1) is 17.2. The fourth-order valence-corrected chi connectivity index (χ4v) is 3.70. The Labute approximate surface area is 215 Å². The van der Waals surface area contributed by atoms with Crippen LogP contribution in [0.3, 0.4) is 0 Å². The first-order valence-corrected chi connectivity index (χ1v) is 11.5. The Balaban J connectivity index is 0.000000268. The Morgan fingerprint density at radius 3 is 2.19 bits per heavy atom. The molecule has 3 aromatic rings. The van der Waals surface area contributed by atoms with Gasteiger partial charge in [-0.3, -0.25) is 19.3 Å². The van der Waals surface area contributed by atoms with Crippen LogP contribution in [0, 0.1) is 5.82 Å². The van der Waals surface area contributed by atoms with Crippen molar-refractivity contribution in [2.45, 2.75) is 25.8 Å². The zero-order valence-corrected chi connectivity index (χ0v) is 21.0. The van der Waals surface area contributed by atoms with E-state index in [1.807, 2.05) is 12.1 Å². The fraction of sp³-hybridized carbons (Fsp3) is 0.222. The second-order valence-corrected chi connectivity index (χ2v) is 8.06. The molecule has 0 spiro atoms. The molecule has 2 amide bonds. The molecule has 0 saturated heterocycles. The lowest BCUT2D eigenvalue weighted by Crippen LogP contribution is -2.22. The molecular weight excluding hydrogens is 485 g/mol. The lowest BCUT2D eigenvalue weighted by molar-refractivity contribution is -0.106. The highest BCUT2D eigenvalue weighted by Crippen LogP contribution is 2.37. The molecule has 1 aliphatic carbocycles. The van der Waals surface area contributed by atoms with Gasteiger partial charge in [-0.05, 0) is 74.0 Å². The number of para-hydroxylation sites is 1. The van der Waals surface area contributed by atoms with Gasteiger partial charge in [0.1, 0.15) is 11.6 Å². The smallest absolute Gasteiger partial charge is 0.248 e. The molecule has 0 heterocycles. The second-order valence-electron chi connectivity index (χ2n) is 7.63. The molecule has 1 aliphatic rings. The standard InChI is InChI=1S/C12H15ClFN.C7H7NO.C7H6O2.CH3NO/c1-3-15(2)12-5-4-9-10(12)6-8(13)7-11(9)14;8-7(9)6-4-2-1-3-5-6;8-5-6-3-1-2-4-7(6)9;2-1-3/h6-7,12H,3-5H2,1-2H3;1-5H,(H2,8,9);1-5,9H;1H,(H2,2,3). The topological polar surface area (TPSA) is 127 Å². The van der Waals surface area contributed by atoms with Crippen molar-refractivity contribution in [3.05, 3.63) is 99.8 Å². The molecule has 192 valence electrons. The van der Waals surface area contributed by atoms with Gasteiger partial charge < -0.3 is 16.6 Å². The maximum absolute atomic E-state index is 13.6. The number of carbonyl (C=O) groups is 3. The molecule has 9 heteroatoms. The summed E-state index contributed by atoms with van der Waals surface area (Å²) in [5.41, 5.74) is 12.0. The zero-order valence-electron chi connectivity index (χ0n) is 20.2. The predicted octanol–water partition coefficient (Wildman–Crippen LogP) is 4.51. The van der Waals surface area contributed by atoms with Crippen LogP contribution in [0.5, 0.6) is 5.75 Å². The third-order valence-electron chi connectivity index (χ3n) is 5.37. The Hall–Kier alpha value is -3.75. The molecule has 0 aliphatic heterocycles. The third kappa shape index (κ3) is 9.48. The van der Waals surface area contributed by atoms with E-state index in [2.05, 4.69) is 24.6 Å². The number of aldehydes is 1. The van der Waals surface area contributed by atoms with Gasteiger partial charge >= 0.3 is 0 Å². The number of nitrogens with two attached hydrogens (primary N) is 2. The van der Waals surface area contributed by atoms with Gasteiger partial charge in [0, 0.05) is 16.6 Å². The molecule has 0 radical (unpaired) electrons. The highest BCUT2D eigenvalue weighted by molar-refractivity contribution is 6.30. The van der Waals surface area contributed by atoms with E-state index >= 15 is 0 Å². The van der Waals surface area contributed by atoms with Crippen LogP contribution in [-0.4, -0.2) is 42.2 Å². The van der Waals surface area contributed by atoms with E-state index in [1.165, 1.54) is 12.1 Å². The van der Waals surface area contributed by atoms with Crippen LogP contribution in [0.25, 0.3) is 0 Å². The molecule has 7 nitrogen and oxygen atoms in total. The van der Waals surface area contributed by atoms with Crippen LogP contribution in [0.15, 0.2) is 66.7 Å². The molecule has 1 unspecified atom stereocenters. The highest BCUT2D eigenvalue weighted by Gasteiger charge is 2.27. The largest absolute Gasteiger partial charge is 0.507 e. The van der Waals surface area contributed by atoms with Crippen LogP contribution >= 0.6 is 11.6 Å². The number of aromatic hydroxyl groups is 1. The first-order valence-electron chi connectivity index (χ1n) is 11.1. The normalized spacial score (nSPS) is 13.0. The van der Waals surface area contributed by atoms with Crippen LogP contribution in [0.4, 0.5) is 4.39 Å². The maximum atomic E-state index is 13.6. The third-order valence-corrected chi connectivity index (χ3v) is 5.59. The number of carbonyl (C=O) groups excluding carboxylic acids is 3. The number of rotatable bonds is 4. The Kier molecular flexibility index (Phi) is 13.5. The van der Waals surface area contributed by atoms with Crippen molar-refractivity contribution < 1.29 is 23.9 Å². The first kappa shape index (κ1) is 30.3. The van der Waals surface area contributed by atoms with Crippen LogP contribution < -0.4 is 11.5 Å². The van der Waals surface area contributed by atoms with Crippen LogP contribution in [0.2, 0.25) is 5.02 Å². The maximum Gasteiger partial charge on any atom is 0.248 e. The van der Waals surface area contributed by atoms with Gasteiger partial charge in [-0.1, -0.05) is 48.9 Å². The summed E-state index contributed by atoms with van der Waals surface area (Å²) in [6.45, 7) is 3.08. The van der Waals surface area contributed by atoms with E-state index in [1.54, 1.807) is 42.5 Å². The van der Waals surface area contributed by atoms with Gasteiger partial charge in [0.05, 0.1) is 5.56 Å². The number of phenols is 1. The van der Waals surface area contributed by atoms with E-state index < -0.39 is 0 Å². The number of halogens is 2. The predicted molar refractivity (Wildman–Crippen MR) is 139 cm³/mol. The highest BCUT2D eigenvalue weighted by atomic mass is 35.5. The minimum Gasteiger partial charge on any atom is -0.507 e. The number of hydrogen-bond donors (Lipinski definition) is 3. The average Bonchev–Trinajstić information content (AvgIpc) is 3.30. The van der Waals surface area contributed by atoms with Crippen molar-refractivity contribution in [2.24, 2.45) is 11.5 Å². The van der Waals surface area contributed by atoms with E-state index in [0.717, 1.165) is 30.5 Å². The molecule has 36 heavy (non-hydrogen) atoms. The molecule has 0 bridgehead atoms. The summed E-state index contributed by atoms with van der Waals surface area (Å²) in [7, 11) is 2.07. The number of amides is 2. The van der Waals surface area contributed by atoms with E-state index in [-0.39, 0.29) is 23.9 Å². The van der Waals surface area contributed by atoms with Crippen molar-refractivity contribution in [3.63, 3.8) is 0 Å². The zero-order chi connectivity index (χ0) is 27.1. The average molecular weight is 516 g/mol. The summed E-state index contributed by atoms with van der Waals surface area (Å²) in [5, 5.41) is 9.38. The molecule has 0 aromatic heterocycles. The van der Waals surface area contributed by atoms with Gasteiger partial charge in [-0.2, -0.15) is 0 Å². The van der Waals surface area contributed by atoms with Gasteiger partial charge in [0.2, 0.25) is 12.3 Å². The molecule has 0 fully saturated rings. The molecule has 1 atom stereocenters. The lowest BCUT2D eigenvalue weighted by atomic mass is 10.1. The minimum atomic E-state index is -0.379. The number of hydrogen-bond acceptors (Lipinski definition) is 5. The molecule has 5 N–H and O–H groups in total. The van der Waals surface area contributed by atoms with Gasteiger partial charge in [-0.25, -0.2) is 4.39 Å². The molecule has 0 saturated carbocycles. The Morgan fingerprint density at radius 1 is 1.14 bits per heavy atom. The number of primary amides is 2.